The second kappa shape index (κ2) is 7.72. The van der Waals surface area contributed by atoms with Gasteiger partial charge in [0.1, 0.15) is 11.4 Å². The number of hydrogen-bond donors (Lipinski definition) is 2. The van der Waals surface area contributed by atoms with E-state index in [2.05, 4.69) is 9.97 Å². The first-order valence-corrected chi connectivity index (χ1v) is 8.66. The van der Waals surface area contributed by atoms with E-state index in [9.17, 15) is 23.1 Å². The van der Waals surface area contributed by atoms with E-state index in [0.717, 1.165) is 6.07 Å². The summed E-state index contributed by atoms with van der Waals surface area (Å²) in [6.07, 6.45) is -4.30. The van der Waals surface area contributed by atoms with Gasteiger partial charge in [-0.1, -0.05) is 0 Å². The minimum atomic E-state index is -4.77. The van der Waals surface area contributed by atoms with Crippen LogP contribution in [0.5, 0.6) is 5.75 Å². The predicted molar refractivity (Wildman–Crippen MR) is 99.8 cm³/mol. The normalized spacial score (nSPS) is 11.9. The predicted octanol–water partition coefficient (Wildman–Crippen LogP) is 3.88. The zero-order chi connectivity index (χ0) is 20.5. The third-order valence-corrected chi connectivity index (χ3v) is 4.47. The number of fused-ring (bicyclic) bond motifs is 1. The number of aromatic nitrogens is 3. The molecule has 0 aliphatic heterocycles. The number of nitrogens with zero attached hydrogens (tertiary/aromatic N) is 2. The van der Waals surface area contributed by atoms with E-state index < -0.39 is 22.7 Å². The zero-order valence-electron chi connectivity index (χ0n) is 14.7. The number of rotatable bonds is 5. The molecule has 0 radical (unpaired) electrons. The number of nitrogens with one attached hydrogen (secondary N) is 1. The van der Waals surface area contributed by atoms with Crippen molar-refractivity contribution >= 4 is 23.3 Å². The maximum atomic E-state index is 13.7. The first-order chi connectivity index (χ1) is 13.2. The standard InChI is InChI=1S/C18H16F3N3O3S/c1-27-8-2-7-24-15-14(16(26)23-17(24)28)12(18(19,20)21)9-13(22-15)10-3-5-11(25)6-4-10/h3-6,9,25H,2,7-8H2,1H3,(H,23,26,28). The number of aromatic amines is 1. The molecule has 2 N–H and O–H groups in total. The number of alkyl halides is 3. The Morgan fingerprint density at radius 2 is 1.96 bits per heavy atom. The van der Waals surface area contributed by atoms with Crippen LogP contribution in [0, 0.1) is 4.77 Å². The van der Waals surface area contributed by atoms with Crippen molar-refractivity contribution in [1.29, 1.82) is 0 Å². The summed E-state index contributed by atoms with van der Waals surface area (Å²) in [6, 6.07) is 6.41. The number of benzene rings is 1. The number of aryl methyl sites for hydroxylation is 1. The van der Waals surface area contributed by atoms with Crippen molar-refractivity contribution in [1.82, 2.24) is 14.5 Å². The Labute approximate surface area is 162 Å². The summed E-state index contributed by atoms with van der Waals surface area (Å²) in [4.78, 5) is 18.9. The van der Waals surface area contributed by atoms with E-state index in [0.29, 0.717) is 18.6 Å². The van der Waals surface area contributed by atoms with E-state index in [-0.39, 0.29) is 28.4 Å². The van der Waals surface area contributed by atoms with Crippen LogP contribution in [-0.2, 0) is 17.5 Å². The molecule has 10 heteroatoms. The van der Waals surface area contributed by atoms with Gasteiger partial charge in [-0.05, 0) is 49.0 Å². The van der Waals surface area contributed by atoms with Crippen molar-refractivity contribution in [3.63, 3.8) is 0 Å². The first kappa shape index (κ1) is 20.0. The van der Waals surface area contributed by atoms with Crippen molar-refractivity contribution in [3.05, 3.63) is 51.0 Å². The lowest BCUT2D eigenvalue weighted by molar-refractivity contribution is -0.136. The van der Waals surface area contributed by atoms with Gasteiger partial charge in [-0.3, -0.25) is 9.78 Å². The molecule has 0 saturated heterocycles. The van der Waals surface area contributed by atoms with Crippen molar-refractivity contribution in [3.8, 4) is 17.0 Å². The number of phenols is 1. The van der Waals surface area contributed by atoms with Crippen molar-refractivity contribution in [2.45, 2.75) is 19.1 Å². The van der Waals surface area contributed by atoms with Gasteiger partial charge in [0.2, 0.25) is 0 Å². The number of hydrogen-bond acceptors (Lipinski definition) is 5. The van der Waals surface area contributed by atoms with Crippen LogP contribution in [-0.4, -0.2) is 33.4 Å². The number of methoxy groups -OCH3 is 1. The molecule has 0 spiro atoms. The fourth-order valence-corrected chi connectivity index (χ4v) is 3.12. The van der Waals surface area contributed by atoms with Crippen molar-refractivity contribution in [2.75, 3.05) is 13.7 Å². The van der Waals surface area contributed by atoms with Gasteiger partial charge in [0.25, 0.3) is 5.56 Å². The van der Waals surface area contributed by atoms with Gasteiger partial charge in [0, 0.05) is 25.8 Å². The van der Waals surface area contributed by atoms with Crippen LogP contribution in [0.1, 0.15) is 12.0 Å². The Kier molecular flexibility index (Phi) is 5.52. The van der Waals surface area contributed by atoms with Crippen molar-refractivity contribution < 1.29 is 23.0 Å². The van der Waals surface area contributed by atoms with Crippen LogP contribution < -0.4 is 5.56 Å². The molecule has 1 aromatic carbocycles. The number of ether oxygens (including phenoxy) is 1. The van der Waals surface area contributed by atoms with Gasteiger partial charge in [-0.25, -0.2) is 4.98 Å². The molecule has 0 unspecified atom stereocenters. The molecule has 3 aromatic rings. The van der Waals surface area contributed by atoms with Gasteiger partial charge in [-0.2, -0.15) is 13.2 Å². The Hall–Kier alpha value is -2.72. The maximum absolute atomic E-state index is 13.7. The molecule has 0 aliphatic rings. The molecule has 0 atom stereocenters. The molecule has 0 amide bonds. The number of pyridine rings is 1. The molecule has 148 valence electrons. The number of halogens is 3. The van der Waals surface area contributed by atoms with E-state index >= 15 is 0 Å². The second-order valence-corrected chi connectivity index (χ2v) is 6.44. The monoisotopic (exact) mass is 411 g/mol. The van der Waals surface area contributed by atoms with Crippen LogP contribution in [0.2, 0.25) is 0 Å². The zero-order valence-corrected chi connectivity index (χ0v) is 15.5. The first-order valence-electron chi connectivity index (χ1n) is 8.26. The molecule has 0 bridgehead atoms. The van der Waals surface area contributed by atoms with Crippen molar-refractivity contribution in [2.24, 2.45) is 0 Å². The fourth-order valence-electron chi connectivity index (χ4n) is 2.85. The van der Waals surface area contributed by atoms with Gasteiger partial charge >= 0.3 is 6.18 Å². The molecular weight excluding hydrogens is 395 g/mol. The highest BCUT2D eigenvalue weighted by molar-refractivity contribution is 7.71. The van der Waals surface area contributed by atoms with Crippen LogP contribution in [0.25, 0.3) is 22.3 Å². The topological polar surface area (TPSA) is 80.1 Å². The summed E-state index contributed by atoms with van der Waals surface area (Å²) in [5, 5.41) is 8.85. The molecule has 2 aromatic heterocycles. The fraction of sp³-hybridized carbons (Fsp3) is 0.278. The third-order valence-electron chi connectivity index (χ3n) is 4.15. The van der Waals surface area contributed by atoms with Crippen LogP contribution in [0.15, 0.2) is 35.1 Å². The number of phenolic OH excluding ortho intramolecular Hbond substituents is 1. The summed E-state index contributed by atoms with van der Waals surface area (Å²) in [5.41, 5.74) is -1.82. The van der Waals surface area contributed by atoms with E-state index in [1.807, 2.05) is 0 Å². The average Bonchev–Trinajstić information content (AvgIpc) is 2.63. The van der Waals surface area contributed by atoms with Gasteiger partial charge in [-0.15, -0.1) is 0 Å². The highest BCUT2D eigenvalue weighted by Gasteiger charge is 2.35. The van der Waals surface area contributed by atoms with Crippen LogP contribution in [0.3, 0.4) is 0 Å². The molecule has 0 aliphatic carbocycles. The third kappa shape index (κ3) is 3.92. The Balaban J connectivity index is 2.35. The van der Waals surface area contributed by atoms with Gasteiger partial charge < -0.3 is 14.4 Å². The lowest BCUT2D eigenvalue weighted by atomic mass is 10.1. The SMILES string of the molecule is COCCCn1c(=S)[nH]c(=O)c2c(C(F)(F)F)cc(-c3ccc(O)cc3)nc21. The summed E-state index contributed by atoms with van der Waals surface area (Å²) in [7, 11) is 1.51. The highest BCUT2D eigenvalue weighted by Crippen LogP contribution is 2.35. The molecule has 3 rings (SSSR count). The molecule has 28 heavy (non-hydrogen) atoms. The van der Waals surface area contributed by atoms with Crippen LogP contribution in [0.4, 0.5) is 13.2 Å². The van der Waals surface area contributed by atoms with Gasteiger partial charge in [0.05, 0.1) is 16.6 Å². The summed E-state index contributed by atoms with van der Waals surface area (Å²) in [5.74, 6) is -0.0282. The van der Waals surface area contributed by atoms with E-state index in [4.69, 9.17) is 17.0 Å². The molecule has 2 heterocycles. The minimum Gasteiger partial charge on any atom is -0.508 e. The number of aromatic hydroxyl groups is 1. The highest BCUT2D eigenvalue weighted by atomic mass is 32.1. The molecule has 0 fully saturated rings. The van der Waals surface area contributed by atoms with Crippen LogP contribution >= 0.6 is 12.2 Å². The molecular formula is C18H16F3N3O3S. The average molecular weight is 411 g/mol. The number of H-pyrrole nitrogens is 1. The lowest BCUT2D eigenvalue weighted by Gasteiger charge is -2.16. The summed E-state index contributed by atoms with van der Waals surface area (Å²) < 4.78 is 47.5. The minimum absolute atomic E-state index is 0.0142. The largest absolute Gasteiger partial charge is 0.508 e. The molecule has 0 saturated carbocycles. The Morgan fingerprint density at radius 1 is 1.29 bits per heavy atom. The summed E-state index contributed by atoms with van der Waals surface area (Å²) in [6.45, 7) is 0.593. The van der Waals surface area contributed by atoms with E-state index in [1.54, 1.807) is 0 Å². The second-order valence-electron chi connectivity index (χ2n) is 6.06. The Morgan fingerprint density at radius 3 is 2.57 bits per heavy atom. The van der Waals surface area contributed by atoms with E-state index in [1.165, 1.54) is 35.9 Å². The maximum Gasteiger partial charge on any atom is 0.417 e. The van der Waals surface area contributed by atoms with Gasteiger partial charge in [0.15, 0.2) is 4.77 Å². The molecule has 6 nitrogen and oxygen atoms in total. The lowest BCUT2D eigenvalue weighted by Crippen LogP contribution is -2.21. The Bertz CT molecular complexity index is 1120. The quantitative estimate of drug-likeness (QED) is 0.492. The smallest absolute Gasteiger partial charge is 0.417 e. The summed E-state index contributed by atoms with van der Waals surface area (Å²) >= 11 is 5.14.